The Kier molecular flexibility index (Phi) is 6.26. The van der Waals surface area contributed by atoms with Crippen molar-refractivity contribution in [3.8, 4) is 0 Å². The highest BCUT2D eigenvalue weighted by atomic mass is 19.1. The minimum absolute atomic E-state index is 0.569. The molecule has 0 aliphatic carbocycles. The number of nitrogens with zero attached hydrogens (tertiary/aromatic N) is 1. The van der Waals surface area contributed by atoms with Crippen molar-refractivity contribution in [3.63, 3.8) is 0 Å². The van der Waals surface area contributed by atoms with E-state index in [0.717, 1.165) is 24.1 Å². The molecule has 0 aliphatic rings. The number of allylic oxidation sites excluding steroid dienone is 2. The van der Waals surface area contributed by atoms with Crippen molar-refractivity contribution in [2.75, 3.05) is 13.6 Å². The van der Waals surface area contributed by atoms with E-state index in [0.29, 0.717) is 6.42 Å². The van der Waals surface area contributed by atoms with E-state index in [2.05, 4.69) is 24.6 Å². The SMILES string of the molecule is C=C(CCC(C)F)/C(C)=C\N(C)CC. The molecule has 82 valence electrons. The van der Waals surface area contributed by atoms with E-state index in [1.165, 1.54) is 0 Å². The second-order valence-electron chi connectivity index (χ2n) is 3.81. The van der Waals surface area contributed by atoms with Gasteiger partial charge in [-0.1, -0.05) is 12.2 Å². The van der Waals surface area contributed by atoms with Crippen LogP contribution in [0, 0.1) is 0 Å². The Morgan fingerprint density at radius 1 is 1.57 bits per heavy atom. The molecule has 0 radical (unpaired) electrons. The molecular weight excluding hydrogens is 177 g/mol. The first-order chi connectivity index (χ1) is 6.47. The third kappa shape index (κ3) is 5.79. The Morgan fingerprint density at radius 2 is 2.14 bits per heavy atom. The standard InChI is InChI=1S/C12H22FN/c1-6-14(5)9-11(3)10(2)7-8-12(4)13/h9,12H,2,6-8H2,1,3-5H3/b11-9-. The zero-order valence-corrected chi connectivity index (χ0v) is 9.81. The molecule has 0 aromatic heterocycles. The maximum Gasteiger partial charge on any atom is 0.0976 e. The van der Waals surface area contributed by atoms with E-state index in [-0.39, 0.29) is 0 Å². The molecule has 1 unspecified atom stereocenters. The van der Waals surface area contributed by atoms with Gasteiger partial charge in [0.15, 0.2) is 0 Å². The number of hydrogen-bond acceptors (Lipinski definition) is 1. The predicted octanol–water partition coefficient (Wildman–Crippen LogP) is 3.54. The Bertz CT molecular complexity index is 206. The summed E-state index contributed by atoms with van der Waals surface area (Å²) in [6.45, 7) is 10.6. The van der Waals surface area contributed by atoms with E-state index in [4.69, 9.17) is 0 Å². The van der Waals surface area contributed by atoms with Gasteiger partial charge in [-0.05, 0) is 39.2 Å². The first kappa shape index (κ1) is 13.2. The van der Waals surface area contributed by atoms with E-state index >= 15 is 0 Å². The van der Waals surface area contributed by atoms with Crippen molar-refractivity contribution in [1.82, 2.24) is 4.90 Å². The van der Waals surface area contributed by atoms with Gasteiger partial charge in [-0.25, -0.2) is 4.39 Å². The van der Waals surface area contributed by atoms with Gasteiger partial charge in [-0.15, -0.1) is 0 Å². The summed E-state index contributed by atoms with van der Waals surface area (Å²) < 4.78 is 12.6. The van der Waals surface area contributed by atoms with Crippen LogP contribution in [0.25, 0.3) is 0 Å². The molecule has 0 aromatic carbocycles. The molecule has 0 aliphatic heterocycles. The molecule has 0 fully saturated rings. The summed E-state index contributed by atoms with van der Waals surface area (Å²) in [5.41, 5.74) is 2.19. The molecular formula is C12H22FN. The smallest absolute Gasteiger partial charge is 0.0976 e. The third-order valence-electron chi connectivity index (χ3n) is 2.31. The second-order valence-corrected chi connectivity index (χ2v) is 3.81. The number of alkyl halides is 1. The molecule has 0 N–H and O–H groups in total. The molecule has 1 atom stereocenters. The van der Waals surface area contributed by atoms with Gasteiger partial charge in [-0.2, -0.15) is 0 Å². The molecule has 0 rings (SSSR count). The molecule has 0 heterocycles. The van der Waals surface area contributed by atoms with Crippen LogP contribution in [0.1, 0.15) is 33.6 Å². The van der Waals surface area contributed by atoms with Crippen LogP contribution in [-0.4, -0.2) is 24.7 Å². The Morgan fingerprint density at radius 3 is 2.57 bits per heavy atom. The van der Waals surface area contributed by atoms with Crippen LogP contribution in [0.5, 0.6) is 0 Å². The lowest BCUT2D eigenvalue weighted by Crippen LogP contribution is -2.10. The number of halogens is 1. The average molecular weight is 199 g/mol. The number of rotatable bonds is 6. The van der Waals surface area contributed by atoms with Crippen molar-refractivity contribution in [2.24, 2.45) is 0 Å². The quantitative estimate of drug-likeness (QED) is 0.591. The summed E-state index contributed by atoms with van der Waals surface area (Å²) >= 11 is 0. The van der Waals surface area contributed by atoms with Crippen LogP contribution < -0.4 is 0 Å². The topological polar surface area (TPSA) is 3.24 Å². The Labute approximate surface area is 87.3 Å². The van der Waals surface area contributed by atoms with Gasteiger partial charge >= 0.3 is 0 Å². The van der Waals surface area contributed by atoms with Crippen LogP contribution in [0.2, 0.25) is 0 Å². The maximum atomic E-state index is 12.6. The fraction of sp³-hybridized carbons (Fsp3) is 0.667. The van der Waals surface area contributed by atoms with E-state index in [9.17, 15) is 4.39 Å². The normalized spacial score (nSPS) is 13.9. The minimum Gasteiger partial charge on any atom is -0.380 e. The Balaban J connectivity index is 4.05. The van der Waals surface area contributed by atoms with Crippen molar-refractivity contribution >= 4 is 0 Å². The fourth-order valence-corrected chi connectivity index (χ4v) is 1.08. The molecule has 2 heteroatoms. The second kappa shape index (κ2) is 6.63. The summed E-state index contributed by atoms with van der Waals surface area (Å²) in [5, 5.41) is 0. The van der Waals surface area contributed by atoms with Crippen LogP contribution in [0.4, 0.5) is 4.39 Å². The van der Waals surface area contributed by atoms with Crippen molar-refractivity contribution in [2.45, 2.75) is 39.8 Å². The van der Waals surface area contributed by atoms with Crippen molar-refractivity contribution in [1.29, 1.82) is 0 Å². The molecule has 0 saturated carbocycles. The van der Waals surface area contributed by atoms with Gasteiger partial charge in [0, 0.05) is 19.8 Å². The van der Waals surface area contributed by atoms with Gasteiger partial charge in [-0.3, -0.25) is 0 Å². The van der Waals surface area contributed by atoms with Crippen LogP contribution in [0.3, 0.4) is 0 Å². The molecule has 0 spiro atoms. The highest BCUT2D eigenvalue weighted by Crippen LogP contribution is 2.15. The van der Waals surface area contributed by atoms with Gasteiger partial charge in [0.05, 0.1) is 6.17 Å². The van der Waals surface area contributed by atoms with Crippen LogP contribution in [-0.2, 0) is 0 Å². The summed E-state index contributed by atoms with van der Waals surface area (Å²) in [4.78, 5) is 2.10. The van der Waals surface area contributed by atoms with Crippen LogP contribution >= 0.6 is 0 Å². The predicted molar refractivity (Wildman–Crippen MR) is 61.0 cm³/mol. The molecule has 0 aromatic rings. The first-order valence-electron chi connectivity index (χ1n) is 5.18. The molecule has 0 bridgehead atoms. The Hall–Kier alpha value is -0.790. The third-order valence-corrected chi connectivity index (χ3v) is 2.31. The van der Waals surface area contributed by atoms with Gasteiger partial charge in [0.1, 0.15) is 0 Å². The van der Waals surface area contributed by atoms with E-state index < -0.39 is 6.17 Å². The van der Waals surface area contributed by atoms with Gasteiger partial charge in [0.25, 0.3) is 0 Å². The van der Waals surface area contributed by atoms with Gasteiger partial charge in [0.2, 0.25) is 0 Å². The van der Waals surface area contributed by atoms with Crippen LogP contribution in [0.15, 0.2) is 23.9 Å². The molecule has 0 amide bonds. The van der Waals surface area contributed by atoms with E-state index in [1.807, 2.05) is 14.0 Å². The fourth-order valence-electron chi connectivity index (χ4n) is 1.08. The van der Waals surface area contributed by atoms with Crippen molar-refractivity contribution < 1.29 is 4.39 Å². The molecule has 0 saturated heterocycles. The van der Waals surface area contributed by atoms with Crippen molar-refractivity contribution in [3.05, 3.63) is 23.9 Å². The zero-order valence-electron chi connectivity index (χ0n) is 9.81. The summed E-state index contributed by atoms with van der Waals surface area (Å²) in [5.74, 6) is 0. The maximum absolute atomic E-state index is 12.6. The van der Waals surface area contributed by atoms with E-state index in [1.54, 1.807) is 6.92 Å². The lowest BCUT2D eigenvalue weighted by Gasteiger charge is -2.14. The molecule has 1 nitrogen and oxygen atoms in total. The monoisotopic (exact) mass is 199 g/mol. The first-order valence-corrected chi connectivity index (χ1v) is 5.18. The largest absolute Gasteiger partial charge is 0.380 e. The lowest BCUT2D eigenvalue weighted by atomic mass is 10.0. The molecule has 14 heavy (non-hydrogen) atoms. The summed E-state index contributed by atoms with van der Waals surface area (Å²) in [6.07, 6.45) is 2.64. The zero-order chi connectivity index (χ0) is 11.1. The van der Waals surface area contributed by atoms with Gasteiger partial charge < -0.3 is 4.90 Å². The highest BCUT2D eigenvalue weighted by Gasteiger charge is 2.02. The lowest BCUT2D eigenvalue weighted by molar-refractivity contribution is 0.341. The number of hydrogen-bond donors (Lipinski definition) is 0. The summed E-state index contributed by atoms with van der Waals surface area (Å²) in [6, 6.07) is 0. The highest BCUT2D eigenvalue weighted by molar-refractivity contribution is 5.25. The minimum atomic E-state index is -0.733. The summed E-state index contributed by atoms with van der Waals surface area (Å²) in [7, 11) is 2.02. The average Bonchev–Trinajstić information content (AvgIpc) is 2.13.